The van der Waals surface area contributed by atoms with Crippen molar-refractivity contribution in [1.29, 1.82) is 0 Å². The number of halogens is 1. The van der Waals surface area contributed by atoms with Gasteiger partial charge < -0.3 is 15.0 Å². The summed E-state index contributed by atoms with van der Waals surface area (Å²) in [6.45, 7) is 7.20. The van der Waals surface area contributed by atoms with Crippen molar-refractivity contribution in [3.63, 3.8) is 0 Å². The molecule has 6 heteroatoms. The molecule has 1 unspecified atom stereocenters. The van der Waals surface area contributed by atoms with Gasteiger partial charge in [0.1, 0.15) is 5.82 Å². The first-order valence-electron chi connectivity index (χ1n) is 11.1. The van der Waals surface area contributed by atoms with E-state index in [-0.39, 0.29) is 23.2 Å². The molecular formula is C26H33FN2O3. The summed E-state index contributed by atoms with van der Waals surface area (Å²) in [5.41, 5.74) is 1.84. The highest BCUT2D eigenvalue weighted by atomic mass is 19.1. The molecule has 5 nitrogen and oxygen atoms in total. The van der Waals surface area contributed by atoms with E-state index in [0.29, 0.717) is 39.0 Å². The Morgan fingerprint density at radius 1 is 1.12 bits per heavy atom. The number of carbonyl (C=O) groups is 2. The van der Waals surface area contributed by atoms with Crippen LogP contribution < -0.4 is 5.32 Å². The molecule has 1 aliphatic rings. The van der Waals surface area contributed by atoms with Crippen molar-refractivity contribution in [3.8, 4) is 11.1 Å². The first kappa shape index (κ1) is 23.9. The van der Waals surface area contributed by atoms with E-state index in [0.717, 1.165) is 16.7 Å². The number of methoxy groups -OCH3 is 1. The summed E-state index contributed by atoms with van der Waals surface area (Å²) < 4.78 is 18.4. The molecule has 1 N–H and O–H groups in total. The Kier molecular flexibility index (Phi) is 7.34. The van der Waals surface area contributed by atoms with Crippen LogP contribution in [0.1, 0.15) is 39.2 Å². The Bertz CT molecular complexity index is 952. The van der Waals surface area contributed by atoms with Gasteiger partial charge in [-0.2, -0.15) is 0 Å². The standard InChI is InChI=1S/C26H33FN2O3/c1-25(2,3)28-24(31)26(13-14-29(18-26)23(30)12-15-32-4)17-19-6-5-7-21(16-19)20-8-10-22(27)11-9-20/h5-11,16H,12-15,17-18H2,1-4H3,(H,28,31). The smallest absolute Gasteiger partial charge is 0.228 e. The van der Waals surface area contributed by atoms with Crippen LogP contribution in [0.25, 0.3) is 11.1 Å². The summed E-state index contributed by atoms with van der Waals surface area (Å²) in [6.07, 6.45) is 1.44. The topological polar surface area (TPSA) is 58.6 Å². The van der Waals surface area contributed by atoms with E-state index in [1.54, 1.807) is 24.1 Å². The van der Waals surface area contributed by atoms with E-state index in [1.165, 1.54) is 12.1 Å². The van der Waals surface area contributed by atoms with Gasteiger partial charge in [-0.05, 0) is 62.4 Å². The second-order valence-electron chi connectivity index (χ2n) is 9.68. The van der Waals surface area contributed by atoms with E-state index < -0.39 is 5.41 Å². The average Bonchev–Trinajstić information content (AvgIpc) is 3.17. The number of carbonyl (C=O) groups excluding carboxylic acids is 2. The third-order valence-corrected chi connectivity index (χ3v) is 5.84. The molecule has 0 radical (unpaired) electrons. The van der Waals surface area contributed by atoms with Crippen LogP contribution in [0.4, 0.5) is 4.39 Å². The lowest BCUT2D eigenvalue weighted by atomic mass is 9.78. The molecule has 0 aliphatic carbocycles. The summed E-state index contributed by atoms with van der Waals surface area (Å²) in [5, 5.41) is 3.13. The molecule has 2 amide bonds. The fourth-order valence-corrected chi connectivity index (χ4v) is 4.21. The van der Waals surface area contributed by atoms with Gasteiger partial charge in [-0.1, -0.05) is 36.4 Å². The van der Waals surface area contributed by atoms with Crippen LogP contribution in [0.5, 0.6) is 0 Å². The summed E-state index contributed by atoms with van der Waals surface area (Å²) in [6, 6.07) is 14.4. The number of hydrogen-bond donors (Lipinski definition) is 1. The van der Waals surface area contributed by atoms with Gasteiger partial charge >= 0.3 is 0 Å². The minimum Gasteiger partial charge on any atom is -0.384 e. The van der Waals surface area contributed by atoms with Gasteiger partial charge in [-0.25, -0.2) is 4.39 Å². The minimum absolute atomic E-state index is 0.0114. The normalized spacial score (nSPS) is 18.6. The highest BCUT2D eigenvalue weighted by molar-refractivity contribution is 5.86. The Morgan fingerprint density at radius 2 is 1.84 bits per heavy atom. The highest BCUT2D eigenvalue weighted by Crippen LogP contribution is 2.36. The molecule has 0 bridgehead atoms. The van der Waals surface area contributed by atoms with Crippen molar-refractivity contribution in [2.24, 2.45) is 5.41 Å². The first-order chi connectivity index (χ1) is 15.1. The number of nitrogens with one attached hydrogen (secondary N) is 1. The lowest BCUT2D eigenvalue weighted by molar-refractivity contribution is -0.134. The average molecular weight is 441 g/mol. The lowest BCUT2D eigenvalue weighted by Gasteiger charge is -2.32. The van der Waals surface area contributed by atoms with E-state index >= 15 is 0 Å². The van der Waals surface area contributed by atoms with Crippen molar-refractivity contribution >= 4 is 11.8 Å². The second-order valence-corrected chi connectivity index (χ2v) is 9.68. The van der Waals surface area contributed by atoms with Crippen molar-refractivity contribution in [1.82, 2.24) is 10.2 Å². The van der Waals surface area contributed by atoms with Gasteiger partial charge in [0.25, 0.3) is 0 Å². The minimum atomic E-state index is -0.697. The largest absolute Gasteiger partial charge is 0.384 e. The van der Waals surface area contributed by atoms with Gasteiger partial charge in [-0.3, -0.25) is 9.59 Å². The van der Waals surface area contributed by atoms with Gasteiger partial charge in [-0.15, -0.1) is 0 Å². The maximum atomic E-state index is 13.4. The fourth-order valence-electron chi connectivity index (χ4n) is 4.21. The maximum Gasteiger partial charge on any atom is 0.228 e. The van der Waals surface area contributed by atoms with Crippen LogP contribution in [0, 0.1) is 11.2 Å². The Balaban J connectivity index is 1.86. The molecular weight excluding hydrogens is 407 g/mol. The van der Waals surface area contributed by atoms with Crippen LogP contribution in [-0.2, 0) is 20.7 Å². The third kappa shape index (κ3) is 5.94. The highest BCUT2D eigenvalue weighted by Gasteiger charge is 2.46. The van der Waals surface area contributed by atoms with Crippen LogP contribution >= 0.6 is 0 Å². The zero-order valence-corrected chi connectivity index (χ0v) is 19.4. The Hall–Kier alpha value is -2.73. The van der Waals surface area contributed by atoms with Crippen molar-refractivity contribution < 1.29 is 18.7 Å². The van der Waals surface area contributed by atoms with Crippen molar-refractivity contribution in [2.45, 2.75) is 45.6 Å². The van der Waals surface area contributed by atoms with Gasteiger partial charge in [0.15, 0.2) is 0 Å². The number of rotatable bonds is 7. The molecule has 1 aliphatic heterocycles. The first-order valence-corrected chi connectivity index (χ1v) is 11.1. The zero-order valence-electron chi connectivity index (χ0n) is 19.4. The molecule has 1 atom stereocenters. The van der Waals surface area contributed by atoms with E-state index in [1.807, 2.05) is 39.0 Å². The summed E-state index contributed by atoms with van der Waals surface area (Å²) in [5.74, 6) is -0.288. The number of benzene rings is 2. The van der Waals surface area contributed by atoms with E-state index in [2.05, 4.69) is 11.4 Å². The molecule has 0 saturated carbocycles. The van der Waals surface area contributed by atoms with Crippen LogP contribution in [-0.4, -0.2) is 49.1 Å². The molecule has 1 heterocycles. The van der Waals surface area contributed by atoms with Crippen molar-refractivity contribution in [3.05, 3.63) is 59.9 Å². The number of ether oxygens (including phenoxy) is 1. The molecule has 3 rings (SSSR count). The van der Waals surface area contributed by atoms with E-state index in [4.69, 9.17) is 4.74 Å². The maximum absolute atomic E-state index is 13.4. The van der Waals surface area contributed by atoms with Gasteiger partial charge in [0, 0.05) is 25.7 Å². The number of amides is 2. The quantitative estimate of drug-likeness (QED) is 0.702. The lowest BCUT2D eigenvalue weighted by Crippen LogP contribution is -2.51. The monoisotopic (exact) mass is 440 g/mol. The molecule has 32 heavy (non-hydrogen) atoms. The summed E-state index contributed by atoms with van der Waals surface area (Å²) >= 11 is 0. The second kappa shape index (κ2) is 9.82. The zero-order chi connectivity index (χ0) is 23.4. The van der Waals surface area contributed by atoms with Crippen molar-refractivity contribution in [2.75, 3.05) is 26.8 Å². The van der Waals surface area contributed by atoms with Crippen LogP contribution in [0.15, 0.2) is 48.5 Å². The molecule has 0 spiro atoms. The van der Waals surface area contributed by atoms with Gasteiger partial charge in [0.05, 0.1) is 18.4 Å². The van der Waals surface area contributed by atoms with Crippen LogP contribution in [0.2, 0.25) is 0 Å². The van der Waals surface area contributed by atoms with Gasteiger partial charge in [0.2, 0.25) is 11.8 Å². The molecule has 172 valence electrons. The molecule has 1 fully saturated rings. The summed E-state index contributed by atoms with van der Waals surface area (Å²) in [4.78, 5) is 27.8. The Labute approximate surface area is 190 Å². The third-order valence-electron chi connectivity index (χ3n) is 5.84. The predicted molar refractivity (Wildman–Crippen MR) is 124 cm³/mol. The Morgan fingerprint density at radius 3 is 2.50 bits per heavy atom. The molecule has 0 aromatic heterocycles. The summed E-state index contributed by atoms with van der Waals surface area (Å²) in [7, 11) is 1.58. The number of hydrogen-bond acceptors (Lipinski definition) is 3. The SMILES string of the molecule is COCCC(=O)N1CCC(Cc2cccc(-c3ccc(F)cc3)c2)(C(=O)NC(C)(C)C)C1. The van der Waals surface area contributed by atoms with E-state index in [9.17, 15) is 14.0 Å². The number of nitrogens with zero attached hydrogens (tertiary/aromatic N) is 1. The predicted octanol–water partition coefficient (Wildman–Crippen LogP) is 4.21. The molecule has 2 aromatic rings. The van der Waals surface area contributed by atoms with Crippen LogP contribution in [0.3, 0.4) is 0 Å². The molecule has 1 saturated heterocycles. The fraction of sp³-hybridized carbons (Fsp3) is 0.462. The number of likely N-dealkylation sites (tertiary alicyclic amines) is 1. The molecule has 2 aromatic carbocycles.